The molecule has 22 heavy (non-hydrogen) atoms. The first kappa shape index (κ1) is 15.7. The molecule has 4 nitrogen and oxygen atoms in total. The fraction of sp³-hybridized carbons (Fsp3) is 0.611. The molecule has 2 aliphatic heterocycles. The van der Waals surface area contributed by atoms with E-state index in [9.17, 15) is 4.79 Å². The predicted molar refractivity (Wildman–Crippen MR) is 85.2 cm³/mol. The number of hydrogen-bond acceptors (Lipinski definition) is 4. The Bertz CT molecular complexity index is 496. The Hall–Kier alpha value is -1.23. The van der Waals surface area contributed by atoms with Crippen molar-refractivity contribution in [2.75, 3.05) is 32.8 Å². The zero-order valence-electron chi connectivity index (χ0n) is 13.3. The first-order valence-corrected chi connectivity index (χ1v) is 8.23. The summed E-state index contributed by atoms with van der Waals surface area (Å²) in [5.74, 6) is 0.223. The van der Waals surface area contributed by atoms with E-state index in [-0.39, 0.29) is 17.5 Å². The highest BCUT2D eigenvalue weighted by Crippen LogP contribution is 2.31. The lowest BCUT2D eigenvalue weighted by molar-refractivity contribution is -0.183. The van der Waals surface area contributed by atoms with Crippen molar-refractivity contribution in [1.82, 2.24) is 4.90 Å². The lowest BCUT2D eigenvalue weighted by atomic mass is 9.91. The van der Waals surface area contributed by atoms with E-state index in [0.29, 0.717) is 6.42 Å². The van der Waals surface area contributed by atoms with Crippen LogP contribution in [0.25, 0.3) is 0 Å². The molecular weight excluding hydrogens is 278 g/mol. The minimum atomic E-state index is -0.0638. The van der Waals surface area contributed by atoms with Gasteiger partial charge in [-0.15, -0.1) is 0 Å². The average molecular weight is 303 g/mol. The summed E-state index contributed by atoms with van der Waals surface area (Å²) in [6.45, 7) is 6.33. The van der Waals surface area contributed by atoms with Crippen molar-refractivity contribution in [2.24, 2.45) is 0 Å². The van der Waals surface area contributed by atoms with Crippen LogP contribution in [0.2, 0.25) is 0 Å². The third-order valence-electron chi connectivity index (χ3n) is 4.63. The van der Waals surface area contributed by atoms with Crippen molar-refractivity contribution in [2.45, 2.75) is 37.9 Å². The molecule has 0 aliphatic carbocycles. The third-order valence-corrected chi connectivity index (χ3v) is 4.63. The zero-order chi connectivity index (χ0) is 15.4. The van der Waals surface area contributed by atoms with Crippen LogP contribution in [-0.4, -0.2) is 55.2 Å². The van der Waals surface area contributed by atoms with Gasteiger partial charge in [0.15, 0.2) is 5.78 Å². The van der Waals surface area contributed by atoms with E-state index in [4.69, 9.17) is 9.47 Å². The number of morpholine rings is 1. The summed E-state index contributed by atoms with van der Waals surface area (Å²) in [5.41, 5.74) is 0.746. The minimum Gasteiger partial charge on any atom is -0.381 e. The Kier molecular flexibility index (Phi) is 4.91. The summed E-state index contributed by atoms with van der Waals surface area (Å²) in [4.78, 5) is 14.6. The molecule has 0 radical (unpaired) electrons. The van der Waals surface area contributed by atoms with Gasteiger partial charge < -0.3 is 9.47 Å². The van der Waals surface area contributed by atoms with E-state index in [1.165, 1.54) is 0 Å². The quantitative estimate of drug-likeness (QED) is 0.801. The lowest BCUT2D eigenvalue weighted by Crippen LogP contribution is -2.57. The van der Waals surface area contributed by atoms with Crippen LogP contribution in [0.4, 0.5) is 0 Å². The monoisotopic (exact) mass is 303 g/mol. The number of rotatable bonds is 4. The molecule has 0 unspecified atom stereocenters. The molecule has 1 spiro atoms. The number of ketones is 1. The molecule has 2 fully saturated rings. The normalized spacial score (nSPS) is 25.2. The molecule has 0 bridgehead atoms. The van der Waals surface area contributed by atoms with Gasteiger partial charge in [0, 0.05) is 57.7 Å². The Morgan fingerprint density at radius 2 is 2.00 bits per heavy atom. The molecule has 0 amide bonds. The van der Waals surface area contributed by atoms with Gasteiger partial charge in [-0.1, -0.05) is 30.3 Å². The Morgan fingerprint density at radius 3 is 2.73 bits per heavy atom. The highest BCUT2D eigenvalue weighted by molar-refractivity contribution is 5.96. The van der Waals surface area contributed by atoms with Crippen LogP contribution in [-0.2, 0) is 9.47 Å². The maximum absolute atomic E-state index is 12.3. The van der Waals surface area contributed by atoms with Crippen molar-refractivity contribution in [3.05, 3.63) is 35.9 Å². The number of ether oxygens (including phenoxy) is 2. The van der Waals surface area contributed by atoms with E-state index in [1.54, 1.807) is 0 Å². The molecule has 120 valence electrons. The van der Waals surface area contributed by atoms with Gasteiger partial charge in [0.1, 0.15) is 0 Å². The highest BCUT2D eigenvalue weighted by atomic mass is 16.5. The van der Waals surface area contributed by atoms with Crippen molar-refractivity contribution >= 4 is 5.78 Å². The minimum absolute atomic E-state index is 0.0638. The van der Waals surface area contributed by atoms with Crippen molar-refractivity contribution < 1.29 is 14.3 Å². The van der Waals surface area contributed by atoms with E-state index >= 15 is 0 Å². The predicted octanol–water partition coefficient (Wildman–Crippen LogP) is 2.53. The van der Waals surface area contributed by atoms with Gasteiger partial charge in [-0.25, -0.2) is 0 Å². The van der Waals surface area contributed by atoms with Gasteiger partial charge in [-0.2, -0.15) is 0 Å². The molecule has 2 saturated heterocycles. The van der Waals surface area contributed by atoms with Gasteiger partial charge >= 0.3 is 0 Å². The second-order valence-corrected chi connectivity index (χ2v) is 6.50. The topological polar surface area (TPSA) is 38.8 Å². The molecule has 0 N–H and O–H groups in total. The molecule has 4 heteroatoms. The fourth-order valence-electron chi connectivity index (χ4n) is 3.55. The molecule has 1 atom stereocenters. The first-order chi connectivity index (χ1) is 10.7. The molecule has 1 aromatic carbocycles. The number of carbonyl (C=O) groups is 1. The van der Waals surface area contributed by atoms with E-state index in [1.807, 2.05) is 30.3 Å². The van der Waals surface area contributed by atoms with Gasteiger partial charge in [-0.05, 0) is 6.92 Å². The standard InChI is InChI=1S/C18H25NO3/c1-15-13-19(14-18(22-15)8-11-21-12-9-18)10-7-17(20)16-5-3-2-4-6-16/h2-6,15H,7-14H2,1H3/t15-/m0/s1. The number of nitrogens with zero attached hydrogens (tertiary/aromatic N) is 1. The number of benzene rings is 1. The summed E-state index contributed by atoms with van der Waals surface area (Å²) in [6.07, 6.45) is 2.71. The largest absolute Gasteiger partial charge is 0.381 e. The molecule has 0 aromatic heterocycles. The van der Waals surface area contributed by atoms with E-state index < -0.39 is 0 Å². The van der Waals surface area contributed by atoms with Crippen LogP contribution in [0, 0.1) is 0 Å². The maximum Gasteiger partial charge on any atom is 0.164 e. The fourth-order valence-corrected chi connectivity index (χ4v) is 3.55. The van der Waals surface area contributed by atoms with Gasteiger partial charge in [0.25, 0.3) is 0 Å². The van der Waals surface area contributed by atoms with Gasteiger partial charge in [-0.3, -0.25) is 9.69 Å². The molecule has 2 aliphatic rings. The number of hydrogen-bond donors (Lipinski definition) is 0. The number of Topliss-reactive ketones (excluding diaryl/α,β-unsaturated/α-hetero) is 1. The van der Waals surface area contributed by atoms with E-state index in [0.717, 1.165) is 51.3 Å². The molecule has 1 aromatic rings. The lowest BCUT2D eigenvalue weighted by Gasteiger charge is -2.47. The average Bonchev–Trinajstić information content (AvgIpc) is 2.53. The second kappa shape index (κ2) is 6.90. The third kappa shape index (κ3) is 3.75. The van der Waals surface area contributed by atoms with Crippen molar-refractivity contribution in [1.29, 1.82) is 0 Å². The van der Waals surface area contributed by atoms with Crippen LogP contribution in [0.3, 0.4) is 0 Å². The van der Waals surface area contributed by atoms with Crippen LogP contribution in [0.1, 0.15) is 36.5 Å². The first-order valence-electron chi connectivity index (χ1n) is 8.23. The Labute approximate surface area is 132 Å². The molecule has 3 rings (SSSR count). The summed E-state index contributed by atoms with van der Waals surface area (Å²) in [5, 5.41) is 0. The Morgan fingerprint density at radius 1 is 1.27 bits per heavy atom. The van der Waals surface area contributed by atoms with Gasteiger partial charge in [0.2, 0.25) is 0 Å². The second-order valence-electron chi connectivity index (χ2n) is 6.50. The SMILES string of the molecule is C[C@H]1CN(CCC(=O)c2ccccc2)CC2(CCOCC2)O1. The summed E-state index contributed by atoms with van der Waals surface area (Å²) >= 11 is 0. The van der Waals surface area contributed by atoms with Crippen LogP contribution in [0.15, 0.2) is 30.3 Å². The van der Waals surface area contributed by atoms with Crippen LogP contribution < -0.4 is 0 Å². The van der Waals surface area contributed by atoms with Crippen molar-refractivity contribution in [3.63, 3.8) is 0 Å². The molecule has 0 saturated carbocycles. The van der Waals surface area contributed by atoms with E-state index in [2.05, 4.69) is 11.8 Å². The Balaban J connectivity index is 1.56. The van der Waals surface area contributed by atoms with Crippen LogP contribution >= 0.6 is 0 Å². The molecular formula is C18H25NO3. The summed E-state index contributed by atoms with van der Waals surface area (Å²) in [6, 6.07) is 9.56. The summed E-state index contributed by atoms with van der Waals surface area (Å²) in [7, 11) is 0. The molecule has 2 heterocycles. The summed E-state index contributed by atoms with van der Waals surface area (Å²) < 4.78 is 11.7. The van der Waals surface area contributed by atoms with Crippen molar-refractivity contribution in [3.8, 4) is 0 Å². The van der Waals surface area contributed by atoms with Crippen LogP contribution in [0.5, 0.6) is 0 Å². The highest BCUT2D eigenvalue weighted by Gasteiger charge is 2.40. The number of carbonyl (C=O) groups excluding carboxylic acids is 1. The smallest absolute Gasteiger partial charge is 0.164 e. The zero-order valence-corrected chi connectivity index (χ0v) is 13.3. The van der Waals surface area contributed by atoms with Gasteiger partial charge in [0.05, 0.1) is 11.7 Å². The maximum atomic E-state index is 12.3.